The quantitative estimate of drug-likeness (QED) is 0.257. The van der Waals surface area contributed by atoms with E-state index >= 15 is 0 Å². The van der Waals surface area contributed by atoms with Crippen molar-refractivity contribution in [1.82, 2.24) is 10.6 Å². The predicted octanol–water partition coefficient (Wildman–Crippen LogP) is 2.40. The summed E-state index contributed by atoms with van der Waals surface area (Å²) < 4.78 is 0. The zero-order valence-corrected chi connectivity index (χ0v) is 23.5. The number of carbonyl (C=O) groups excluding carboxylic acids is 5. The highest BCUT2D eigenvalue weighted by Gasteiger charge is 2.34. The van der Waals surface area contributed by atoms with Gasteiger partial charge in [0.15, 0.2) is 0 Å². The van der Waals surface area contributed by atoms with Gasteiger partial charge in [-0.25, -0.2) is 4.99 Å². The molecule has 220 valence electrons. The van der Waals surface area contributed by atoms with Gasteiger partial charge < -0.3 is 25.9 Å². The lowest BCUT2D eigenvalue weighted by Crippen LogP contribution is -2.51. The molecular formula is C30H26ClN5O7. The first kappa shape index (κ1) is 30.6. The first-order valence-electron chi connectivity index (χ1n) is 13.0. The fourth-order valence-corrected chi connectivity index (χ4v) is 4.61. The molecule has 1 aliphatic rings. The lowest BCUT2D eigenvalue weighted by atomic mass is 10.0. The molecule has 0 saturated heterocycles. The normalized spacial score (nSPS) is 14.8. The molecule has 13 heteroatoms. The van der Waals surface area contributed by atoms with E-state index in [2.05, 4.69) is 20.9 Å². The number of anilines is 2. The van der Waals surface area contributed by atoms with Gasteiger partial charge in [0.1, 0.15) is 12.8 Å². The molecule has 1 unspecified atom stereocenters. The highest BCUT2D eigenvalue weighted by atomic mass is 35.5. The lowest BCUT2D eigenvalue weighted by molar-refractivity contribution is -0.139. The van der Waals surface area contributed by atoms with E-state index in [1.165, 1.54) is 25.1 Å². The maximum Gasteiger partial charge on any atom is 0.305 e. The van der Waals surface area contributed by atoms with Crippen LogP contribution in [0.4, 0.5) is 11.4 Å². The topological polar surface area (TPSA) is 174 Å². The summed E-state index contributed by atoms with van der Waals surface area (Å²) in [5.74, 6) is -3.90. The van der Waals surface area contributed by atoms with Crippen LogP contribution in [0.15, 0.2) is 77.8 Å². The second-order valence-electron chi connectivity index (χ2n) is 9.45. The summed E-state index contributed by atoms with van der Waals surface area (Å²) in [6, 6.07) is 18.5. The molecule has 1 heterocycles. The molecule has 3 aromatic carbocycles. The summed E-state index contributed by atoms with van der Waals surface area (Å²) in [7, 11) is 0. The molecule has 1 aliphatic heterocycles. The van der Waals surface area contributed by atoms with Crippen molar-refractivity contribution in [1.29, 1.82) is 0 Å². The van der Waals surface area contributed by atoms with Crippen molar-refractivity contribution < 1.29 is 33.9 Å². The van der Waals surface area contributed by atoms with Crippen LogP contribution in [0.5, 0.6) is 0 Å². The van der Waals surface area contributed by atoms with Crippen molar-refractivity contribution in [3.05, 3.63) is 94.5 Å². The van der Waals surface area contributed by atoms with E-state index in [1.54, 1.807) is 48.5 Å². The summed E-state index contributed by atoms with van der Waals surface area (Å²) in [4.78, 5) is 79.8. The number of carboxylic acids is 1. The van der Waals surface area contributed by atoms with E-state index in [9.17, 15) is 28.8 Å². The number of aldehydes is 1. The molecule has 0 aromatic heterocycles. The third-order valence-electron chi connectivity index (χ3n) is 6.27. The number of rotatable bonds is 10. The minimum Gasteiger partial charge on any atom is -0.481 e. The second kappa shape index (κ2) is 13.5. The van der Waals surface area contributed by atoms with Gasteiger partial charge in [-0.3, -0.25) is 28.9 Å². The predicted molar refractivity (Wildman–Crippen MR) is 158 cm³/mol. The Balaban J connectivity index is 1.72. The largest absolute Gasteiger partial charge is 0.481 e. The van der Waals surface area contributed by atoms with Crippen LogP contribution in [0, 0.1) is 0 Å². The van der Waals surface area contributed by atoms with Gasteiger partial charge in [0.25, 0.3) is 11.8 Å². The first-order chi connectivity index (χ1) is 20.6. The third kappa shape index (κ3) is 7.49. The van der Waals surface area contributed by atoms with E-state index in [4.69, 9.17) is 16.7 Å². The highest BCUT2D eigenvalue weighted by molar-refractivity contribution is 6.34. The summed E-state index contributed by atoms with van der Waals surface area (Å²) in [6.45, 7) is 0.716. The Morgan fingerprint density at radius 3 is 2.40 bits per heavy atom. The molecule has 0 radical (unpaired) electrons. The number of benzene rings is 3. The van der Waals surface area contributed by atoms with Crippen LogP contribution < -0.4 is 20.9 Å². The van der Waals surface area contributed by atoms with Gasteiger partial charge >= 0.3 is 5.97 Å². The number of nitrogens with zero attached hydrogens (tertiary/aromatic N) is 2. The van der Waals surface area contributed by atoms with Crippen LogP contribution in [0.3, 0.4) is 0 Å². The van der Waals surface area contributed by atoms with Crippen LogP contribution >= 0.6 is 11.6 Å². The Morgan fingerprint density at radius 1 is 1.05 bits per heavy atom. The van der Waals surface area contributed by atoms with Crippen LogP contribution in [0.1, 0.15) is 34.8 Å². The molecular weight excluding hydrogens is 578 g/mol. The minimum absolute atomic E-state index is 0.0805. The number of nitrogens with one attached hydrogen (secondary N) is 3. The Bertz CT molecular complexity index is 1630. The highest BCUT2D eigenvalue weighted by Crippen LogP contribution is 2.29. The number of carbonyl (C=O) groups is 6. The molecule has 0 bridgehead atoms. The summed E-state index contributed by atoms with van der Waals surface area (Å²) in [5, 5.41) is 16.6. The van der Waals surface area contributed by atoms with Crippen LogP contribution in [0.2, 0.25) is 5.02 Å². The number of para-hydroxylation sites is 1. The average molecular weight is 604 g/mol. The number of aliphatic carboxylic acids is 1. The monoisotopic (exact) mass is 603 g/mol. The Labute approximate surface area is 250 Å². The van der Waals surface area contributed by atoms with Gasteiger partial charge in [-0.15, -0.1) is 0 Å². The van der Waals surface area contributed by atoms with Gasteiger partial charge in [-0.2, -0.15) is 0 Å². The summed E-state index contributed by atoms with van der Waals surface area (Å²) in [5.41, 5.74) is 2.19. The molecule has 0 fully saturated rings. The number of benzodiazepines with no additional fused rings is 1. The van der Waals surface area contributed by atoms with E-state index in [1.807, 2.05) is 6.07 Å². The molecule has 4 amide bonds. The fourth-order valence-electron chi connectivity index (χ4n) is 4.38. The second-order valence-corrected chi connectivity index (χ2v) is 9.85. The number of fused-ring (bicyclic) bond motifs is 1. The zero-order chi connectivity index (χ0) is 31.1. The number of amides is 4. The van der Waals surface area contributed by atoms with Crippen molar-refractivity contribution in [2.45, 2.75) is 25.6 Å². The van der Waals surface area contributed by atoms with Gasteiger partial charge in [0.05, 0.1) is 34.6 Å². The molecule has 0 aliphatic carbocycles. The molecule has 12 nitrogen and oxygen atoms in total. The van der Waals surface area contributed by atoms with Crippen LogP contribution in [0.25, 0.3) is 0 Å². The smallest absolute Gasteiger partial charge is 0.305 e. The Hall–Kier alpha value is -5.36. The summed E-state index contributed by atoms with van der Waals surface area (Å²) >= 11 is 6.24. The van der Waals surface area contributed by atoms with Crippen molar-refractivity contribution in [2.75, 3.05) is 16.8 Å². The van der Waals surface area contributed by atoms with Gasteiger partial charge in [-0.05, 0) is 24.3 Å². The van der Waals surface area contributed by atoms with Crippen molar-refractivity contribution >= 4 is 64.6 Å². The van der Waals surface area contributed by atoms with E-state index < -0.39 is 48.9 Å². The number of hydrogen-bond donors (Lipinski definition) is 4. The molecule has 4 rings (SSSR count). The third-order valence-corrected chi connectivity index (χ3v) is 6.58. The first-order valence-corrected chi connectivity index (χ1v) is 13.3. The Morgan fingerprint density at radius 2 is 1.74 bits per heavy atom. The van der Waals surface area contributed by atoms with Crippen molar-refractivity contribution in [3.63, 3.8) is 0 Å². The average Bonchev–Trinajstić information content (AvgIpc) is 3.08. The molecule has 3 aromatic rings. The van der Waals surface area contributed by atoms with Gasteiger partial charge in [0, 0.05) is 23.6 Å². The van der Waals surface area contributed by atoms with Crippen LogP contribution in [-0.4, -0.2) is 65.5 Å². The fraction of sp³-hybridized carbons (Fsp3) is 0.167. The molecule has 0 saturated carbocycles. The molecule has 0 spiro atoms. The SMILES string of the molecule is CC(=O)Nc1ccc(C(=O)NC2N=C(c3ccccc3)c3ccccc3N(CC(=O)N[C@H](C=O)CC(=O)O)C2=O)cc1Cl. The van der Waals surface area contributed by atoms with Gasteiger partial charge in [0.2, 0.25) is 18.0 Å². The standard InChI is InChI=1S/C30H26ClN5O7/c1-17(38)32-23-12-11-19(13-22(23)31)29(42)35-28-30(43)36(15-25(39)33-20(16-37)14-26(40)41)24-10-6-5-9-21(24)27(34-28)18-7-3-2-4-8-18/h2-13,16,20,28H,14-15H2,1H3,(H,32,38)(H,33,39)(H,35,42)(H,40,41)/t20-,28?/m0/s1. The minimum atomic E-state index is -1.50. The molecule has 2 atom stereocenters. The maximum absolute atomic E-state index is 13.9. The number of carboxylic acid groups (broad SMARTS) is 1. The number of aliphatic imine (C=N–C) groups is 1. The van der Waals surface area contributed by atoms with Crippen molar-refractivity contribution in [2.24, 2.45) is 4.99 Å². The number of hydrogen-bond acceptors (Lipinski definition) is 7. The number of halogens is 1. The van der Waals surface area contributed by atoms with E-state index in [0.717, 1.165) is 4.90 Å². The molecule has 4 N–H and O–H groups in total. The summed E-state index contributed by atoms with van der Waals surface area (Å²) in [6.07, 6.45) is -1.84. The van der Waals surface area contributed by atoms with Crippen molar-refractivity contribution in [3.8, 4) is 0 Å². The molecule has 43 heavy (non-hydrogen) atoms. The lowest BCUT2D eigenvalue weighted by Gasteiger charge is -2.25. The van der Waals surface area contributed by atoms with Gasteiger partial charge in [-0.1, -0.05) is 60.1 Å². The van der Waals surface area contributed by atoms with E-state index in [-0.39, 0.29) is 16.5 Å². The van der Waals surface area contributed by atoms with E-state index in [0.29, 0.717) is 34.5 Å². The van der Waals surface area contributed by atoms with Crippen LogP contribution in [-0.2, 0) is 24.0 Å². The Kier molecular flexibility index (Phi) is 9.63. The zero-order valence-electron chi connectivity index (χ0n) is 22.7. The maximum atomic E-state index is 13.9.